The van der Waals surface area contributed by atoms with Crippen molar-refractivity contribution in [3.05, 3.63) is 41.4 Å². The van der Waals surface area contributed by atoms with Crippen molar-refractivity contribution in [3.63, 3.8) is 0 Å². The molecule has 1 aromatic carbocycles. The standard InChI is InChI=1S/C15H13FN4O/c16-14-7-12(19-10-11(8-17)9-18)3-4-13(14)15(21)20-5-1-2-6-20/h3-4,7,10,19H,1-2,5-6H2. The van der Waals surface area contributed by atoms with Gasteiger partial charge in [-0.1, -0.05) is 0 Å². The summed E-state index contributed by atoms with van der Waals surface area (Å²) in [7, 11) is 0. The summed E-state index contributed by atoms with van der Waals surface area (Å²) < 4.78 is 14.0. The largest absolute Gasteiger partial charge is 0.360 e. The molecule has 0 bridgehead atoms. The molecule has 1 aliphatic heterocycles. The summed E-state index contributed by atoms with van der Waals surface area (Å²) in [5, 5.41) is 19.8. The molecule has 0 unspecified atom stereocenters. The van der Waals surface area contributed by atoms with Crippen LogP contribution in [0, 0.1) is 28.5 Å². The Labute approximate surface area is 121 Å². The first-order chi connectivity index (χ1) is 10.2. The highest BCUT2D eigenvalue weighted by atomic mass is 19.1. The van der Waals surface area contributed by atoms with E-state index in [1.165, 1.54) is 24.4 Å². The summed E-state index contributed by atoms with van der Waals surface area (Å²) in [6, 6.07) is 7.49. The first kappa shape index (κ1) is 14.5. The summed E-state index contributed by atoms with van der Waals surface area (Å²) >= 11 is 0. The molecule has 106 valence electrons. The Bertz CT molecular complexity index is 647. The van der Waals surface area contributed by atoms with E-state index in [9.17, 15) is 9.18 Å². The molecule has 21 heavy (non-hydrogen) atoms. The lowest BCUT2D eigenvalue weighted by Gasteiger charge is -2.15. The van der Waals surface area contributed by atoms with Gasteiger partial charge in [0, 0.05) is 25.0 Å². The lowest BCUT2D eigenvalue weighted by molar-refractivity contribution is 0.0788. The average molecular weight is 284 g/mol. The van der Waals surface area contributed by atoms with Crippen molar-refractivity contribution in [3.8, 4) is 12.1 Å². The van der Waals surface area contributed by atoms with Crippen LogP contribution < -0.4 is 5.32 Å². The number of nitriles is 2. The smallest absolute Gasteiger partial charge is 0.256 e. The molecule has 5 nitrogen and oxygen atoms in total. The van der Waals surface area contributed by atoms with E-state index >= 15 is 0 Å². The minimum absolute atomic E-state index is 0.0345. The van der Waals surface area contributed by atoms with E-state index in [0.29, 0.717) is 18.8 Å². The zero-order valence-corrected chi connectivity index (χ0v) is 11.3. The first-order valence-corrected chi connectivity index (χ1v) is 6.51. The number of carbonyl (C=O) groups excluding carboxylic acids is 1. The molecule has 1 fully saturated rings. The Balaban J connectivity index is 2.14. The van der Waals surface area contributed by atoms with E-state index in [1.807, 2.05) is 0 Å². The Morgan fingerprint density at radius 2 is 1.95 bits per heavy atom. The van der Waals surface area contributed by atoms with Crippen molar-refractivity contribution in [2.75, 3.05) is 18.4 Å². The number of nitrogens with one attached hydrogen (secondary N) is 1. The molecule has 0 aromatic heterocycles. The van der Waals surface area contributed by atoms with Crippen molar-refractivity contribution in [1.82, 2.24) is 4.90 Å². The number of halogens is 1. The maximum Gasteiger partial charge on any atom is 0.256 e. The fourth-order valence-electron chi connectivity index (χ4n) is 2.11. The average Bonchev–Trinajstić information content (AvgIpc) is 3.02. The third-order valence-corrected chi connectivity index (χ3v) is 3.22. The summed E-state index contributed by atoms with van der Waals surface area (Å²) in [5.41, 5.74) is 0.285. The van der Waals surface area contributed by atoms with Gasteiger partial charge in [-0.3, -0.25) is 4.79 Å². The van der Waals surface area contributed by atoms with E-state index in [4.69, 9.17) is 10.5 Å². The van der Waals surface area contributed by atoms with Gasteiger partial charge in [0.25, 0.3) is 5.91 Å². The van der Waals surface area contributed by atoms with E-state index in [2.05, 4.69) is 5.32 Å². The minimum Gasteiger partial charge on any atom is -0.360 e. The second kappa shape index (κ2) is 6.53. The van der Waals surface area contributed by atoms with Gasteiger partial charge in [-0.2, -0.15) is 10.5 Å². The fraction of sp³-hybridized carbons (Fsp3) is 0.267. The fourth-order valence-corrected chi connectivity index (χ4v) is 2.11. The molecule has 1 amide bonds. The van der Waals surface area contributed by atoms with Crippen LogP contribution in [0.5, 0.6) is 0 Å². The van der Waals surface area contributed by atoms with E-state index in [1.54, 1.807) is 17.0 Å². The molecule has 6 heteroatoms. The van der Waals surface area contributed by atoms with Crippen molar-refractivity contribution >= 4 is 11.6 Å². The predicted octanol–water partition coefficient (Wildman–Crippen LogP) is 2.40. The van der Waals surface area contributed by atoms with Gasteiger partial charge in [0.05, 0.1) is 5.56 Å². The Kier molecular flexibility index (Phi) is 4.53. The number of rotatable bonds is 3. The summed E-state index contributed by atoms with van der Waals surface area (Å²) in [6.45, 7) is 1.32. The topological polar surface area (TPSA) is 79.9 Å². The van der Waals surface area contributed by atoms with Crippen molar-refractivity contribution < 1.29 is 9.18 Å². The number of hydrogen-bond acceptors (Lipinski definition) is 4. The third-order valence-electron chi connectivity index (χ3n) is 3.22. The van der Waals surface area contributed by atoms with Crippen molar-refractivity contribution in [1.29, 1.82) is 10.5 Å². The molecule has 0 saturated carbocycles. The van der Waals surface area contributed by atoms with E-state index in [0.717, 1.165) is 12.8 Å². The zero-order chi connectivity index (χ0) is 15.2. The van der Waals surface area contributed by atoms with Crippen LogP contribution in [0.25, 0.3) is 0 Å². The van der Waals surface area contributed by atoms with Crippen LogP contribution in [0.3, 0.4) is 0 Å². The highest BCUT2D eigenvalue weighted by Crippen LogP contribution is 2.19. The van der Waals surface area contributed by atoms with Crippen LogP contribution in [-0.4, -0.2) is 23.9 Å². The number of anilines is 1. The number of benzene rings is 1. The van der Waals surface area contributed by atoms with Crippen LogP contribution in [0.4, 0.5) is 10.1 Å². The lowest BCUT2D eigenvalue weighted by atomic mass is 10.1. The number of amides is 1. The van der Waals surface area contributed by atoms with Gasteiger partial charge in [0.2, 0.25) is 0 Å². The van der Waals surface area contributed by atoms with Gasteiger partial charge in [-0.05, 0) is 31.0 Å². The van der Waals surface area contributed by atoms with Gasteiger partial charge in [-0.15, -0.1) is 0 Å². The van der Waals surface area contributed by atoms with Crippen molar-refractivity contribution in [2.45, 2.75) is 12.8 Å². The Morgan fingerprint density at radius 1 is 1.29 bits per heavy atom. The molecule has 0 atom stereocenters. The number of hydrogen-bond donors (Lipinski definition) is 1. The molecule has 1 aromatic rings. The molecule has 1 saturated heterocycles. The first-order valence-electron chi connectivity index (χ1n) is 6.51. The molecular weight excluding hydrogens is 271 g/mol. The highest BCUT2D eigenvalue weighted by Gasteiger charge is 2.22. The highest BCUT2D eigenvalue weighted by molar-refractivity contribution is 5.95. The third kappa shape index (κ3) is 3.37. The maximum absolute atomic E-state index is 14.0. The number of carbonyl (C=O) groups is 1. The van der Waals surface area contributed by atoms with Crippen LogP contribution >= 0.6 is 0 Å². The van der Waals surface area contributed by atoms with Crippen LogP contribution in [0.15, 0.2) is 30.0 Å². The number of nitrogens with zero attached hydrogens (tertiary/aromatic N) is 3. The van der Waals surface area contributed by atoms with Gasteiger partial charge in [-0.25, -0.2) is 4.39 Å². The van der Waals surface area contributed by atoms with Gasteiger partial charge < -0.3 is 10.2 Å². The van der Waals surface area contributed by atoms with Gasteiger partial charge in [0.1, 0.15) is 23.5 Å². The monoisotopic (exact) mass is 284 g/mol. The predicted molar refractivity (Wildman–Crippen MR) is 74.5 cm³/mol. The molecule has 0 aliphatic carbocycles. The molecule has 1 heterocycles. The molecule has 0 radical (unpaired) electrons. The van der Waals surface area contributed by atoms with Gasteiger partial charge >= 0.3 is 0 Å². The van der Waals surface area contributed by atoms with E-state index < -0.39 is 5.82 Å². The molecule has 1 aliphatic rings. The molecule has 0 spiro atoms. The van der Waals surface area contributed by atoms with Gasteiger partial charge in [0.15, 0.2) is 0 Å². The number of likely N-dealkylation sites (tertiary alicyclic amines) is 1. The van der Waals surface area contributed by atoms with E-state index in [-0.39, 0.29) is 17.0 Å². The molecule has 2 rings (SSSR count). The maximum atomic E-state index is 14.0. The number of allylic oxidation sites excluding steroid dienone is 1. The minimum atomic E-state index is -0.624. The second-order valence-corrected chi connectivity index (χ2v) is 4.62. The lowest BCUT2D eigenvalue weighted by Crippen LogP contribution is -2.28. The Morgan fingerprint density at radius 3 is 2.52 bits per heavy atom. The van der Waals surface area contributed by atoms with Crippen LogP contribution in [0.2, 0.25) is 0 Å². The van der Waals surface area contributed by atoms with Crippen molar-refractivity contribution in [2.24, 2.45) is 0 Å². The summed E-state index contributed by atoms with van der Waals surface area (Å²) in [5.74, 6) is -0.928. The normalized spacial score (nSPS) is 13.2. The zero-order valence-electron chi connectivity index (χ0n) is 11.3. The molecular formula is C15H13FN4O. The second-order valence-electron chi connectivity index (χ2n) is 4.62. The quantitative estimate of drug-likeness (QED) is 0.864. The summed E-state index contributed by atoms with van der Waals surface area (Å²) in [4.78, 5) is 13.7. The molecule has 1 N–H and O–H groups in total. The SMILES string of the molecule is N#CC(C#N)=CNc1ccc(C(=O)N2CCCC2)c(F)c1. The van der Waals surface area contributed by atoms with Crippen LogP contribution in [-0.2, 0) is 0 Å². The Hall–Kier alpha value is -2.86. The van der Waals surface area contributed by atoms with Crippen LogP contribution in [0.1, 0.15) is 23.2 Å². The summed E-state index contributed by atoms with van der Waals surface area (Å²) in [6.07, 6.45) is 3.09.